The fourth-order valence-electron chi connectivity index (χ4n) is 1.50. The molecular weight excluding hydrogens is 296 g/mol. The van der Waals surface area contributed by atoms with Crippen molar-refractivity contribution in [3.05, 3.63) is 17.7 Å². The van der Waals surface area contributed by atoms with Gasteiger partial charge in [0.1, 0.15) is 10.6 Å². The zero-order valence-corrected chi connectivity index (χ0v) is 13.1. The lowest BCUT2D eigenvalue weighted by Crippen LogP contribution is -2.26. The molecule has 0 saturated carbocycles. The molecule has 1 aromatic rings. The van der Waals surface area contributed by atoms with E-state index in [0.717, 1.165) is 5.56 Å². The van der Waals surface area contributed by atoms with Crippen LogP contribution in [0.2, 0.25) is 0 Å². The number of benzene rings is 1. The molecule has 0 bridgehead atoms. The van der Waals surface area contributed by atoms with Gasteiger partial charge >= 0.3 is 0 Å². The second kappa shape index (κ2) is 7.43. The van der Waals surface area contributed by atoms with Crippen molar-refractivity contribution in [3.63, 3.8) is 0 Å². The molecule has 0 saturated heterocycles. The molecule has 7 heteroatoms. The molecule has 0 heterocycles. The molecule has 1 rings (SSSR count). The lowest BCUT2D eigenvalue weighted by Gasteiger charge is -2.12. The third-order valence-electron chi connectivity index (χ3n) is 2.57. The second-order valence-corrected chi connectivity index (χ2v) is 6.85. The van der Waals surface area contributed by atoms with Crippen molar-refractivity contribution in [2.45, 2.75) is 11.8 Å². The number of rotatable bonds is 7. The van der Waals surface area contributed by atoms with Crippen LogP contribution in [0.25, 0.3) is 0 Å². The van der Waals surface area contributed by atoms with E-state index in [1.54, 1.807) is 13.0 Å². The minimum Gasteiger partial charge on any atom is -0.495 e. The molecular formula is C13H18N2O3S2. The van der Waals surface area contributed by atoms with Gasteiger partial charge in [0.25, 0.3) is 0 Å². The number of methoxy groups -OCH3 is 1. The number of nitrogen functional groups attached to an aromatic ring is 1. The van der Waals surface area contributed by atoms with Crippen LogP contribution in [0, 0.1) is 19.3 Å². The summed E-state index contributed by atoms with van der Waals surface area (Å²) in [5, 5.41) is 0. The van der Waals surface area contributed by atoms with Crippen molar-refractivity contribution in [3.8, 4) is 18.1 Å². The quantitative estimate of drug-likeness (QED) is 0.449. The number of anilines is 1. The van der Waals surface area contributed by atoms with Crippen LogP contribution in [0.4, 0.5) is 5.69 Å². The molecule has 0 spiro atoms. The number of aryl methyl sites for hydroxylation is 1. The Morgan fingerprint density at radius 3 is 2.80 bits per heavy atom. The van der Waals surface area contributed by atoms with Crippen molar-refractivity contribution in [2.75, 3.05) is 30.9 Å². The highest BCUT2D eigenvalue weighted by Crippen LogP contribution is 2.28. The number of hydrogen-bond donors (Lipinski definition) is 2. The molecule has 5 nitrogen and oxygen atoms in total. The van der Waals surface area contributed by atoms with Gasteiger partial charge in [0, 0.05) is 18.0 Å². The number of terminal acetylenes is 1. The van der Waals surface area contributed by atoms with E-state index in [2.05, 4.69) is 10.6 Å². The molecule has 0 unspecified atom stereocenters. The molecule has 0 aromatic heterocycles. The third-order valence-corrected chi connectivity index (χ3v) is 4.91. The Morgan fingerprint density at radius 1 is 1.50 bits per heavy atom. The van der Waals surface area contributed by atoms with Gasteiger partial charge in [-0.2, -0.15) is 0 Å². The van der Waals surface area contributed by atoms with Gasteiger partial charge in [-0.3, -0.25) is 0 Å². The van der Waals surface area contributed by atoms with Crippen molar-refractivity contribution >= 4 is 27.5 Å². The number of nitrogens with one attached hydrogen (secondary N) is 1. The van der Waals surface area contributed by atoms with Crippen LogP contribution in [0.1, 0.15) is 5.56 Å². The third kappa shape index (κ3) is 4.34. The Hall–Kier alpha value is -1.36. The minimum atomic E-state index is -3.65. The van der Waals surface area contributed by atoms with Crippen LogP contribution in [0.15, 0.2) is 17.0 Å². The molecule has 1 aromatic carbocycles. The zero-order valence-electron chi connectivity index (χ0n) is 11.5. The maximum absolute atomic E-state index is 12.2. The summed E-state index contributed by atoms with van der Waals surface area (Å²) < 4.78 is 32.0. The Labute approximate surface area is 124 Å². The first kappa shape index (κ1) is 16.7. The average Bonchev–Trinajstić information content (AvgIpc) is 2.41. The number of hydrogen-bond acceptors (Lipinski definition) is 5. The predicted octanol–water partition coefficient (Wildman–Crippen LogP) is 1.23. The summed E-state index contributed by atoms with van der Waals surface area (Å²) in [4.78, 5) is 0.0463. The molecule has 0 radical (unpaired) electrons. The van der Waals surface area contributed by atoms with E-state index in [9.17, 15) is 8.42 Å². The van der Waals surface area contributed by atoms with E-state index in [4.69, 9.17) is 16.9 Å². The van der Waals surface area contributed by atoms with Crippen LogP contribution < -0.4 is 15.2 Å². The number of thioether (sulfide) groups is 1. The average molecular weight is 314 g/mol. The molecule has 0 amide bonds. The van der Waals surface area contributed by atoms with Gasteiger partial charge < -0.3 is 10.5 Å². The van der Waals surface area contributed by atoms with Gasteiger partial charge in [0.2, 0.25) is 10.0 Å². The van der Waals surface area contributed by atoms with Gasteiger partial charge in [-0.1, -0.05) is 5.92 Å². The van der Waals surface area contributed by atoms with E-state index >= 15 is 0 Å². The lowest BCUT2D eigenvalue weighted by atomic mass is 10.2. The Bertz CT molecular complexity index is 607. The second-order valence-electron chi connectivity index (χ2n) is 4.01. The number of ether oxygens (including phenoxy) is 1. The topological polar surface area (TPSA) is 81.4 Å². The smallest absolute Gasteiger partial charge is 0.244 e. The molecule has 0 aliphatic heterocycles. The summed E-state index contributed by atoms with van der Waals surface area (Å²) in [5.74, 6) is 3.92. The summed E-state index contributed by atoms with van der Waals surface area (Å²) in [6.07, 6.45) is 5.12. The molecule has 0 aliphatic rings. The Balaban J connectivity index is 2.87. The van der Waals surface area contributed by atoms with E-state index in [1.807, 2.05) is 0 Å². The summed E-state index contributed by atoms with van der Waals surface area (Å²) in [6, 6.07) is 3.02. The van der Waals surface area contributed by atoms with E-state index in [0.29, 0.717) is 23.7 Å². The fourth-order valence-corrected chi connectivity index (χ4v) is 3.36. The molecule has 0 aliphatic carbocycles. The summed E-state index contributed by atoms with van der Waals surface area (Å²) in [6.45, 7) is 2.09. The van der Waals surface area contributed by atoms with E-state index in [1.165, 1.54) is 24.9 Å². The number of sulfonamides is 1. The monoisotopic (exact) mass is 314 g/mol. The van der Waals surface area contributed by atoms with Crippen molar-refractivity contribution in [1.82, 2.24) is 4.72 Å². The van der Waals surface area contributed by atoms with Gasteiger partial charge in [0.05, 0.1) is 12.9 Å². The molecule has 0 fully saturated rings. The minimum absolute atomic E-state index is 0.0463. The van der Waals surface area contributed by atoms with E-state index < -0.39 is 10.0 Å². The largest absolute Gasteiger partial charge is 0.495 e. The van der Waals surface area contributed by atoms with Crippen LogP contribution >= 0.6 is 11.8 Å². The lowest BCUT2D eigenvalue weighted by molar-refractivity contribution is 0.402. The van der Waals surface area contributed by atoms with E-state index in [-0.39, 0.29) is 10.6 Å². The maximum atomic E-state index is 12.2. The fraction of sp³-hybridized carbons (Fsp3) is 0.385. The van der Waals surface area contributed by atoms with Crippen molar-refractivity contribution in [1.29, 1.82) is 0 Å². The van der Waals surface area contributed by atoms with Crippen LogP contribution in [-0.4, -0.2) is 33.6 Å². The zero-order chi connectivity index (χ0) is 15.2. The highest BCUT2D eigenvalue weighted by molar-refractivity contribution is 7.99. The summed E-state index contributed by atoms with van der Waals surface area (Å²) >= 11 is 1.49. The van der Waals surface area contributed by atoms with Gasteiger partial charge in [0.15, 0.2) is 0 Å². The standard InChI is InChI=1S/C13H18N2O3S2/c1-4-6-19-7-5-15-20(16,17)13-9-11(14)10(2)8-12(13)18-3/h1,8-9,15H,5-7,14H2,2-3H3. The Morgan fingerprint density at radius 2 is 2.20 bits per heavy atom. The van der Waals surface area contributed by atoms with Crippen LogP contribution in [0.3, 0.4) is 0 Å². The molecule has 3 N–H and O–H groups in total. The SMILES string of the molecule is C#CCSCCNS(=O)(=O)c1cc(N)c(C)cc1OC. The first-order valence-corrected chi connectivity index (χ1v) is 8.51. The van der Waals surface area contributed by atoms with Crippen LogP contribution in [-0.2, 0) is 10.0 Å². The predicted molar refractivity (Wildman–Crippen MR) is 83.5 cm³/mol. The maximum Gasteiger partial charge on any atom is 0.244 e. The molecule has 110 valence electrons. The molecule has 20 heavy (non-hydrogen) atoms. The first-order valence-electron chi connectivity index (χ1n) is 5.87. The summed E-state index contributed by atoms with van der Waals surface area (Å²) in [5.41, 5.74) is 6.94. The highest BCUT2D eigenvalue weighted by Gasteiger charge is 2.20. The van der Waals surface area contributed by atoms with Gasteiger partial charge in [-0.25, -0.2) is 13.1 Å². The van der Waals surface area contributed by atoms with Crippen LogP contribution in [0.5, 0.6) is 5.75 Å². The normalized spacial score (nSPS) is 11.1. The first-order chi connectivity index (χ1) is 9.42. The van der Waals surface area contributed by atoms with Crippen molar-refractivity contribution in [2.24, 2.45) is 0 Å². The highest BCUT2D eigenvalue weighted by atomic mass is 32.2. The molecule has 0 atom stereocenters. The number of nitrogens with two attached hydrogens (primary N) is 1. The Kier molecular flexibility index (Phi) is 6.20. The van der Waals surface area contributed by atoms with Crippen molar-refractivity contribution < 1.29 is 13.2 Å². The van der Waals surface area contributed by atoms with Gasteiger partial charge in [-0.05, 0) is 24.6 Å². The summed E-state index contributed by atoms with van der Waals surface area (Å²) in [7, 11) is -2.23. The van der Waals surface area contributed by atoms with Gasteiger partial charge in [-0.15, -0.1) is 18.2 Å².